The molecule has 0 aliphatic carbocycles. The van der Waals surface area contributed by atoms with Gasteiger partial charge in [-0.1, -0.05) is 20.4 Å². The van der Waals surface area contributed by atoms with Crippen LogP contribution < -0.4 is 0 Å². The van der Waals surface area contributed by atoms with Gasteiger partial charge in [0.1, 0.15) is 0 Å². The molecule has 0 bridgehead atoms. The maximum absolute atomic E-state index is 10.8. The third-order valence-corrected chi connectivity index (χ3v) is 1.15. The van der Waals surface area contributed by atoms with Crippen LogP contribution in [0.4, 0.5) is 0 Å². The van der Waals surface area contributed by atoms with Crippen molar-refractivity contribution >= 4 is 5.97 Å². The Morgan fingerprint density at radius 3 is 2.50 bits per heavy atom. The van der Waals surface area contributed by atoms with Crippen molar-refractivity contribution in [1.29, 1.82) is 0 Å². The van der Waals surface area contributed by atoms with Crippen LogP contribution in [-0.2, 0) is 9.53 Å². The quantitative estimate of drug-likeness (QED) is 0.442. The molecule has 2 nitrogen and oxygen atoms in total. The Kier molecular flexibility index (Phi) is 4.63. The van der Waals surface area contributed by atoms with Gasteiger partial charge >= 0.3 is 5.97 Å². The van der Waals surface area contributed by atoms with E-state index in [0.29, 0.717) is 18.6 Å². The second-order valence-corrected chi connectivity index (χ2v) is 2.09. The van der Waals surface area contributed by atoms with E-state index in [4.69, 9.17) is 4.74 Å². The van der Waals surface area contributed by atoms with Gasteiger partial charge in [0.05, 0.1) is 6.61 Å². The second-order valence-electron chi connectivity index (χ2n) is 2.09. The van der Waals surface area contributed by atoms with Crippen LogP contribution in [0.5, 0.6) is 0 Å². The van der Waals surface area contributed by atoms with Gasteiger partial charge in [-0.3, -0.25) is 0 Å². The van der Waals surface area contributed by atoms with Crippen LogP contribution >= 0.6 is 0 Å². The zero-order valence-corrected chi connectivity index (χ0v) is 6.64. The lowest BCUT2D eigenvalue weighted by atomic mass is 10.2. The molecule has 0 aromatic heterocycles. The summed E-state index contributed by atoms with van der Waals surface area (Å²) in [6.45, 7) is 7.89. The van der Waals surface area contributed by atoms with Crippen LogP contribution in [-0.4, -0.2) is 12.6 Å². The molecule has 0 amide bonds. The molecule has 10 heavy (non-hydrogen) atoms. The summed E-state index contributed by atoms with van der Waals surface area (Å²) in [6, 6.07) is 0. The lowest BCUT2D eigenvalue weighted by molar-refractivity contribution is -0.139. The summed E-state index contributed by atoms with van der Waals surface area (Å²) in [4.78, 5) is 10.8. The number of rotatable bonds is 4. The zero-order valence-electron chi connectivity index (χ0n) is 6.64. The summed E-state index contributed by atoms with van der Waals surface area (Å²) in [7, 11) is 0. The Balaban J connectivity index is 3.52. The van der Waals surface area contributed by atoms with E-state index in [2.05, 4.69) is 6.58 Å². The Morgan fingerprint density at radius 1 is 1.50 bits per heavy atom. The lowest BCUT2D eigenvalue weighted by Crippen LogP contribution is -2.06. The molecule has 0 spiro atoms. The second kappa shape index (κ2) is 5.03. The van der Waals surface area contributed by atoms with Gasteiger partial charge in [0.25, 0.3) is 0 Å². The predicted molar refractivity (Wildman–Crippen MR) is 40.7 cm³/mol. The number of carbonyl (C=O) groups is 1. The minimum absolute atomic E-state index is 0.260. The van der Waals surface area contributed by atoms with E-state index >= 15 is 0 Å². The number of ether oxygens (including phenoxy) is 1. The molecule has 0 aromatic carbocycles. The standard InChI is InChI=1S/C8H14O2/c1-4-6-10-8(9)7(3)5-2/h3-6H2,1-2H3. The van der Waals surface area contributed by atoms with E-state index in [1.54, 1.807) is 0 Å². The van der Waals surface area contributed by atoms with Crippen LogP contribution in [0.15, 0.2) is 12.2 Å². The fraction of sp³-hybridized carbons (Fsp3) is 0.625. The van der Waals surface area contributed by atoms with Crippen LogP contribution in [0.3, 0.4) is 0 Å². The first kappa shape index (κ1) is 9.21. The molecule has 0 atom stereocenters. The Morgan fingerprint density at radius 2 is 2.10 bits per heavy atom. The first-order valence-corrected chi connectivity index (χ1v) is 3.57. The molecule has 0 radical (unpaired) electrons. The summed E-state index contributed by atoms with van der Waals surface area (Å²) in [5.41, 5.74) is 0.549. The fourth-order valence-electron chi connectivity index (χ4n) is 0.441. The highest BCUT2D eigenvalue weighted by atomic mass is 16.5. The third-order valence-electron chi connectivity index (χ3n) is 1.15. The number of hydrogen-bond acceptors (Lipinski definition) is 2. The van der Waals surface area contributed by atoms with E-state index in [1.807, 2.05) is 13.8 Å². The van der Waals surface area contributed by atoms with E-state index in [9.17, 15) is 4.79 Å². The van der Waals surface area contributed by atoms with Gasteiger partial charge < -0.3 is 4.74 Å². The van der Waals surface area contributed by atoms with Crippen molar-refractivity contribution in [2.45, 2.75) is 26.7 Å². The average Bonchev–Trinajstić information content (AvgIpc) is 1.98. The van der Waals surface area contributed by atoms with Crippen molar-refractivity contribution in [3.05, 3.63) is 12.2 Å². The van der Waals surface area contributed by atoms with E-state index in [-0.39, 0.29) is 5.97 Å². The van der Waals surface area contributed by atoms with Crippen molar-refractivity contribution in [2.75, 3.05) is 6.61 Å². The van der Waals surface area contributed by atoms with E-state index < -0.39 is 0 Å². The molecule has 0 unspecified atom stereocenters. The maximum Gasteiger partial charge on any atom is 0.333 e. The maximum atomic E-state index is 10.8. The summed E-state index contributed by atoms with van der Waals surface area (Å²) in [6.07, 6.45) is 1.53. The number of hydrogen-bond donors (Lipinski definition) is 0. The first-order valence-electron chi connectivity index (χ1n) is 3.57. The molecular weight excluding hydrogens is 128 g/mol. The molecule has 0 saturated carbocycles. The molecule has 0 fully saturated rings. The highest BCUT2D eigenvalue weighted by Crippen LogP contribution is 1.99. The molecule has 0 N–H and O–H groups in total. The SMILES string of the molecule is C=C(CC)C(=O)OCCC. The molecule has 0 aliphatic rings. The van der Waals surface area contributed by atoms with Gasteiger partial charge in [-0.2, -0.15) is 0 Å². The van der Waals surface area contributed by atoms with Gasteiger partial charge in [-0.15, -0.1) is 0 Å². The lowest BCUT2D eigenvalue weighted by Gasteiger charge is -2.02. The van der Waals surface area contributed by atoms with Crippen molar-refractivity contribution in [1.82, 2.24) is 0 Å². The molecule has 0 rings (SSSR count). The summed E-state index contributed by atoms with van der Waals surface area (Å²) < 4.78 is 4.81. The van der Waals surface area contributed by atoms with Crippen LogP contribution in [0.1, 0.15) is 26.7 Å². The minimum Gasteiger partial charge on any atom is -0.462 e. The minimum atomic E-state index is -0.260. The monoisotopic (exact) mass is 142 g/mol. The first-order chi connectivity index (χ1) is 4.72. The molecule has 58 valence electrons. The van der Waals surface area contributed by atoms with E-state index in [0.717, 1.165) is 6.42 Å². The van der Waals surface area contributed by atoms with Crippen LogP contribution in [0.25, 0.3) is 0 Å². The van der Waals surface area contributed by atoms with Gasteiger partial charge in [-0.05, 0) is 12.8 Å². The number of esters is 1. The zero-order chi connectivity index (χ0) is 7.98. The summed E-state index contributed by atoms with van der Waals surface area (Å²) in [5.74, 6) is -0.260. The Labute approximate surface area is 61.9 Å². The molecule has 0 saturated heterocycles. The van der Waals surface area contributed by atoms with Crippen LogP contribution in [0.2, 0.25) is 0 Å². The molecule has 0 aliphatic heterocycles. The number of carbonyl (C=O) groups excluding carboxylic acids is 1. The predicted octanol–water partition coefficient (Wildman–Crippen LogP) is 1.91. The van der Waals surface area contributed by atoms with Crippen molar-refractivity contribution < 1.29 is 9.53 Å². The van der Waals surface area contributed by atoms with Gasteiger partial charge in [0.2, 0.25) is 0 Å². The van der Waals surface area contributed by atoms with Gasteiger partial charge in [0.15, 0.2) is 0 Å². The average molecular weight is 142 g/mol. The topological polar surface area (TPSA) is 26.3 Å². The Hall–Kier alpha value is -0.790. The van der Waals surface area contributed by atoms with E-state index in [1.165, 1.54) is 0 Å². The van der Waals surface area contributed by atoms with Gasteiger partial charge in [0, 0.05) is 5.57 Å². The molecule has 0 heterocycles. The summed E-state index contributed by atoms with van der Waals surface area (Å²) >= 11 is 0. The Bertz CT molecular complexity index is 127. The third kappa shape index (κ3) is 3.28. The highest BCUT2D eigenvalue weighted by Gasteiger charge is 2.03. The van der Waals surface area contributed by atoms with Gasteiger partial charge in [-0.25, -0.2) is 4.79 Å². The smallest absolute Gasteiger partial charge is 0.333 e. The highest BCUT2D eigenvalue weighted by molar-refractivity contribution is 5.87. The van der Waals surface area contributed by atoms with Crippen molar-refractivity contribution in [3.8, 4) is 0 Å². The molecule has 2 heteroatoms. The summed E-state index contributed by atoms with van der Waals surface area (Å²) in [5, 5.41) is 0. The van der Waals surface area contributed by atoms with Crippen molar-refractivity contribution in [3.63, 3.8) is 0 Å². The largest absolute Gasteiger partial charge is 0.462 e. The molecule has 0 aromatic rings. The van der Waals surface area contributed by atoms with Crippen molar-refractivity contribution in [2.24, 2.45) is 0 Å². The van der Waals surface area contributed by atoms with Crippen LogP contribution in [0, 0.1) is 0 Å². The fourth-order valence-corrected chi connectivity index (χ4v) is 0.441. The normalized spacial score (nSPS) is 9.00. The molecular formula is C8H14O2.